The number of guanidine groups is 1. The highest BCUT2D eigenvalue weighted by molar-refractivity contribution is 5.80. The van der Waals surface area contributed by atoms with Gasteiger partial charge < -0.3 is 10.2 Å². The van der Waals surface area contributed by atoms with Gasteiger partial charge in [-0.3, -0.25) is 4.99 Å². The summed E-state index contributed by atoms with van der Waals surface area (Å²) in [6.45, 7) is 5.37. The van der Waals surface area contributed by atoms with E-state index < -0.39 is 12.6 Å². The fourth-order valence-corrected chi connectivity index (χ4v) is 3.25. The van der Waals surface area contributed by atoms with Crippen molar-refractivity contribution in [1.82, 2.24) is 10.2 Å². The van der Waals surface area contributed by atoms with Gasteiger partial charge in [-0.05, 0) is 44.4 Å². The average Bonchev–Trinajstić information content (AvgIpc) is 2.81. The lowest BCUT2D eigenvalue weighted by atomic mass is 9.68. The van der Waals surface area contributed by atoms with E-state index in [1.54, 1.807) is 0 Å². The molecule has 0 radical (unpaired) electrons. The second-order valence-electron chi connectivity index (χ2n) is 6.33. The summed E-state index contributed by atoms with van der Waals surface area (Å²) < 4.78 is 36.2. The third-order valence-electron chi connectivity index (χ3n) is 4.62. The van der Waals surface area contributed by atoms with Crippen molar-refractivity contribution in [3.63, 3.8) is 0 Å². The zero-order chi connectivity index (χ0) is 15.3. The second kappa shape index (κ2) is 6.88. The van der Waals surface area contributed by atoms with Crippen LogP contribution in [0.5, 0.6) is 0 Å². The van der Waals surface area contributed by atoms with Gasteiger partial charge in [-0.15, -0.1) is 0 Å². The van der Waals surface area contributed by atoms with E-state index in [-0.39, 0.29) is 6.42 Å². The van der Waals surface area contributed by atoms with Gasteiger partial charge in [-0.2, -0.15) is 13.2 Å². The fraction of sp³-hybridized carbons (Fsp3) is 0.933. The SMILES string of the molecule is CCNC(=NCCCCC(F)(F)F)N1CCC2(CCC2)C1. The third kappa shape index (κ3) is 4.78. The zero-order valence-electron chi connectivity index (χ0n) is 12.8. The lowest BCUT2D eigenvalue weighted by molar-refractivity contribution is -0.135. The maximum atomic E-state index is 12.1. The van der Waals surface area contributed by atoms with Gasteiger partial charge in [-0.1, -0.05) is 6.42 Å². The number of alkyl halides is 3. The van der Waals surface area contributed by atoms with Crippen LogP contribution in [0.3, 0.4) is 0 Å². The third-order valence-corrected chi connectivity index (χ3v) is 4.62. The summed E-state index contributed by atoms with van der Waals surface area (Å²) in [6.07, 6.45) is 1.10. The Morgan fingerprint density at radius 3 is 2.52 bits per heavy atom. The highest BCUT2D eigenvalue weighted by atomic mass is 19.4. The van der Waals surface area contributed by atoms with E-state index >= 15 is 0 Å². The number of hydrogen-bond acceptors (Lipinski definition) is 1. The molecule has 3 nitrogen and oxygen atoms in total. The molecule has 0 amide bonds. The number of hydrogen-bond donors (Lipinski definition) is 1. The quantitative estimate of drug-likeness (QED) is 0.478. The number of halogens is 3. The van der Waals surface area contributed by atoms with Crippen molar-refractivity contribution in [2.75, 3.05) is 26.2 Å². The van der Waals surface area contributed by atoms with Crippen LogP contribution in [0.2, 0.25) is 0 Å². The minimum atomic E-state index is -4.04. The monoisotopic (exact) mass is 305 g/mol. The minimum Gasteiger partial charge on any atom is -0.357 e. The van der Waals surface area contributed by atoms with E-state index in [0.717, 1.165) is 25.6 Å². The van der Waals surface area contributed by atoms with E-state index in [0.29, 0.717) is 18.4 Å². The van der Waals surface area contributed by atoms with Crippen LogP contribution in [0.15, 0.2) is 4.99 Å². The smallest absolute Gasteiger partial charge is 0.357 e. The lowest BCUT2D eigenvalue weighted by Gasteiger charge is -2.38. The number of aliphatic imine (C=N–C) groups is 1. The Morgan fingerprint density at radius 2 is 2.00 bits per heavy atom. The summed E-state index contributed by atoms with van der Waals surface area (Å²) in [4.78, 5) is 6.79. The molecule has 0 aromatic rings. The molecular weight excluding hydrogens is 279 g/mol. The molecule has 0 aromatic carbocycles. The topological polar surface area (TPSA) is 27.6 Å². The van der Waals surface area contributed by atoms with Crippen LogP contribution in [0.4, 0.5) is 13.2 Å². The Kier molecular flexibility index (Phi) is 5.38. The molecule has 0 unspecified atom stereocenters. The van der Waals surface area contributed by atoms with Crippen molar-refractivity contribution < 1.29 is 13.2 Å². The highest BCUT2D eigenvalue weighted by Crippen LogP contribution is 2.47. The van der Waals surface area contributed by atoms with Crippen LogP contribution in [-0.4, -0.2) is 43.2 Å². The van der Waals surface area contributed by atoms with Gasteiger partial charge in [0.05, 0.1) is 0 Å². The van der Waals surface area contributed by atoms with Crippen LogP contribution < -0.4 is 5.32 Å². The summed E-state index contributed by atoms with van der Waals surface area (Å²) >= 11 is 0. The van der Waals surface area contributed by atoms with Crippen LogP contribution >= 0.6 is 0 Å². The summed E-state index contributed by atoms with van der Waals surface area (Å²) in [7, 11) is 0. The summed E-state index contributed by atoms with van der Waals surface area (Å²) in [5, 5.41) is 3.27. The molecule has 21 heavy (non-hydrogen) atoms. The summed E-state index contributed by atoms with van der Waals surface area (Å²) in [6, 6.07) is 0. The molecule has 6 heteroatoms. The fourth-order valence-electron chi connectivity index (χ4n) is 3.25. The van der Waals surface area contributed by atoms with Crippen molar-refractivity contribution in [3.05, 3.63) is 0 Å². The Morgan fingerprint density at radius 1 is 1.24 bits per heavy atom. The zero-order valence-corrected chi connectivity index (χ0v) is 12.8. The Hall–Kier alpha value is -0.940. The molecule has 1 N–H and O–H groups in total. The molecule has 1 aliphatic heterocycles. The van der Waals surface area contributed by atoms with Gasteiger partial charge in [0.15, 0.2) is 5.96 Å². The second-order valence-corrected chi connectivity index (χ2v) is 6.33. The minimum absolute atomic E-state index is 0.163. The Balaban J connectivity index is 1.77. The first-order valence-corrected chi connectivity index (χ1v) is 8.04. The van der Waals surface area contributed by atoms with E-state index in [1.165, 1.54) is 25.7 Å². The molecule has 1 aliphatic carbocycles. The summed E-state index contributed by atoms with van der Waals surface area (Å²) in [5.41, 5.74) is 0.506. The predicted molar refractivity (Wildman–Crippen MR) is 78.4 cm³/mol. The molecule has 1 spiro atoms. The lowest BCUT2D eigenvalue weighted by Crippen LogP contribution is -2.42. The molecule has 2 aliphatic rings. The normalized spacial score (nSPS) is 21.7. The number of rotatable bonds is 5. The maximum absolute atomic E-state index is 12.1. The number of likely N-dealkylation sites (tertiary alicyclic amines) is 1. The van der Waals surface area contributed by atoms with Crippen LogP contribution in [0.25, 0.3) is 0 Å². The Labute approximate surface area is 125 Å². The first-order chi connectivity index (χ1) is 9.94. The van der Waals surface area contributed by atoms with Crippen molar-refractivity contribution in [3.8, 4) is 0 Å². The number of nitrogens with one attached hydrogen (secondary N) is 1. The standard InChI is InChI=1S/C15H26F3N3/c1-2-19-13(20-10-4-3-8-15(16,17)18)21-11-9-14(12-21)6-5-7-14/h2-12H2,1H3,(H,19,20). The first kappa shape index (κ1) is 16.4. The Bertz CT molecular complexity index is 362. The van der Waals surface area contributed by atoms with E-state index in [4.69, 9.17) is 0 Å². The van der Waals surface area contributed by atoms with Gasteiger partial charge in [0.2, 0.25) is 0 Å². The highest BCUT2D eigenvalue weighted by Gasteiger charge is 2.43. The van der Waals surface area contributed by atoms with Gasteiger partial charge in [0, 0.05) is 32.6 Å². The van der Waals surface area contributed by atoms with Crippen molar-refractivity contribution in [1.29, 1.82) is 0 Å². The summed E-state index contributed by atoms with van der Waals surface area (Å²) in [5.74, 6) is 0.883. The van der Waals surface area contributed by atoms with Gasteiger partial charge in [0.1, 0.15) is 0 Å². The van der Waals surface area contributed by atoms with Crippen LogP contribution in [0.1, 0.15) is 51.9 Å². The van der Waals surface area contributed by atoms with Gasteiger partial charge in [-0.25, -0.2) is 0 Å². The van der Waals surface area contributed by atoms with Gasteiger partial charge >= 0.3 is 6.18 Å². The molecule has 2 rings (SSSR count). The van der Waals surface area contributed by atoms with Gasteiger partial charge in [0.25, 0.3) is 0 Å². The van der Waals surface area contributed by atoms with E-state index in [2.05, 4.69) is 15.2 Å². The van der Waals surface area contributed by atoms with Crippen LogP contribution in [0, 0.1) is 5.41 Å². The molecule has 0 bridgehead atoms. The molecule has 1 heterocycles. The van der Waals surface area contributed by atoms with Crippen LogP contribution in [-0.2, 0) is 0 Å². The molecule has 2 fully saturated rings. The maximum Gasteiger partial charge on any atom is 0.389 e. The van der Waals surface area contributed by atoms with Crippen molar-refractivity contribution >= 4 is 5.96 Å². The molecule has 122 valence electrons. The number of nitrogens with zero attached hydrogens (tertiary/aromatic N) is 2. The van der Waals surface area contributed by atoms with Crippen molar-refractivity contribution in [2.24, 2.45) is 10.4 Å². The number of unbranched alkanes of at least 4 members (excludes halogenated alkanes) is 1. The molecule has 0 aromatic heterocycles. The molecular formula is C15H26F3N3. The van der Waals surface area contributed by atoms with E-state index in [1.807, 2.05) is 6.92 Å². The predicted octanol–water partition coefficient (Wildman–Crippen LogP) is 3.56. The largest absolute Gasteiger partial charge is 0.389 e. The van der Waals surface area contributed by atoms with E-state index in [9.17, 15) is 13.2 Å². The molecule has 1 saturated heterocycles. The average molecular weight is 305 g/mol. The molecule has 0 atom stereocenters. The first-order valence-electron chi connectivity index (χ1n) is 8.04. The molecule has 1 saturated carbocycles. The van der Waals surface area contributed by atoms with Crippen molar-refractivity contribution in [2.45, 2.75) is 58.0 Å².